The number of carboxylic acids is 1. The Balaban J connectivity index is 2.70. The molecule has 0 atom stereocenters. The Bertz CT molecular complexity index is 659. The van der Waals surface area contributed by atoms with Gasteiger partial charge in [0, 0.05) is 11.1 Å². The van der Waals surface area contributed by atoms with E-state index in [-0.39, 0.29) is 17.1 Å². The maximum absolute atomic E-state index is 11.6. The second kappa shape index (κ2) is 4.94. The van der Waals surface area contributed by atoms with E-state index >= 15 is 0 Å². The fourth-order valence-corrected chi connectivity index (χ4v) is 1.96. The van der Waals surface area contributed by atoms with Crippen molar-refractivity contribution in [2.45, 2.75) is 6.92 Å². The molecule has 0 saturated carbocycles. The molecule has 0 aliphatic carbocycles. The highest BCUT2D eigenvalue weighted by Crippen LogP contribution is 2.34. The monoisotopic (exact) mass is 256 g/mol. The zero-order valence-electron chi connectivity index (χ0n) is 10.3. The SMILES string of the molecule is CC(=O)c1ccccc1-c1cccc(C(=O)O)c1O. The van der Waals surface area contributed by atoms with Gasteiger partial charge < -0.3 is 10.2 Å². The van der Waals surface area contributed by atoms with Crippen LogP contribution in [0.25, 0.3) is 11.1 Å². The van der Waals surface area contributed by atoms with Crippen molar-refractivity contribution >= 4 is 11.8 Å². The smallest absolute Gasteiger partial charge is 0.339 e. The number of hydrogen-bond acceptors (Lipinski definition) is 3. The second-order valence-corrected chi connectivity index (χ2v) is 4.11. The lowest BCUT2D eigenvalue weighted by atomic mass is 9.95. The maximum Gasteiger partial charge on any atom is 0.339 e. The van der Waals surface area contributed by atoms with Gasteiger partial charge >= 0.3 is 5.97 Å². The van der Waals surface area contributed by atoms with Gasteiger partial charge in [-0.3, -0.25) is 4.79 Å². The summed E-state index contributed by atoms with van der Waals surface area (Å²) in [4.78, 5) is 22.6. The molecule has 19 heavy (non-hydrogen) atoms. The lowest BCUT2D eigenvalue weighted by Gasteiger charge is -2.10. The number of aromatic hydroxyl groups is 1. The molecule has 0 aliphatic rings. The van der Waals surface area contributed by atoms with Crippen LogP contribution in [-0.2, 0) is 0 Å². The number of rotatable bonds is 3. The van der Waals surface area contributed by atoms with E-state index in [1.165, 1.54) is 19.1 Å². The number of carbonyl (C=O) groups is 2. The molecule has 2 N–H and O–H groups in total. The molecule has 4 nitrogen and oxygen atoms in total. The fraction of sp³-hybridized carbons (Fsp3) is 0.0667. The summed E-state index contributed by atoms with van der Waals surface area (Å²) in [6.45, 7) is 1.43. The van der Waals surface area contributed by atoms with Gasteiger partial charge in [-0.05, 0) is 18.6 Å². The number of Topliss-reactive ketones (excluding diaryl/α,β-unsaturated/α-hetero) is 1. The zero-order valence-corrected chi connectivity index (χ0v) is 10.3. The molecule has 0 heterocycles. The summed E-state index contributed by atoms with van der Waals surface area (Å²) in [6, 6.07) is 11.2. The minimum absolute atomic E-state index is 0.143. The van der Waals surface area contributed by atoms with Gasteiger partial charge in [0.2, 0.25) is 0 Å². The molecule has 0 aromatic heterocycles. The fourth-order valence-electron chi connectivity index (χ4n) is 1.96. The number of carbonyl (C=O) groups excluding carboxylic acids is 1. The number of carboxylic acid groups (broad SMARTS) is 1. The van der Waals surface area contributed by atoms with Crippen LogP contribution in [0.3, 0.4) is 0 Å². The molecule has 0 aliphatic heterocycles. The van der Waals surface area contributed by atoms with E-state index in [1.807, 2.05) is 0 Å². The summed E-state index contributed by atoms with van der Waals surface area (Å²) < 4.78 is 0. The first kappa shape index (κ1) is 12.8. The number of phenols is 1. The summed E-state index contributed by atoms with van der Waals surface area (Å²) in [5.74, 6) is -1.68. The van der Waals surface area contributed by atoms with Crippen LogP contribution in [0.1, 0.15) is 27.6 Å². The van der Waals surface area contributed by atoms with Crippen molar-refractivity contribution in [1.29, 1.82) is 0 Å². The van der Waals surface area contributed by atoms with Crippen LogP contribution < -0.4 is 0 Å². The van der Waals surface area contributed by atoms with Crippen molar-refractivity contribution < 1.29 is 19.8 Å². The summed E-state index contributed by atoms with van der Waals surface area (Å²) in [7, 11) is 0. The van der Waals surface area contributed by atoms with Gasteiger partial charge in [0.25, 0.3) is 0 Å². The van der Waals surface area contributed by atoms with Gasteiger partial charge in [0.1, 0.15) is 11.3 Å². The first-order valence-corrected chi connectivity index (χ1v) is 5.68. The normalized spacial score (nSPS) is 10.2. The Kier molecular flexibility index (Phi) is 3.33. The zero-order chi connectivity index (χ0) is 14.0. The van der Waals surface area contributed by atoms with Crippen LogP contribution in [0.15, 0.2) is 42.5 Å². The summed E-state index contributed by atoms with van der Waals surface area (Å²) in [5.41, 5.74) is 1.12. The molecule has 0 amide bonds. The van der Waals surface area contributed by atoms with Crippen molar-refractivity contribution in [2.24, 2.45) is 0 Å². The minimum Gasteiger partial charge on any atom is -0.506 e. The van der Waals surface area contributed by atoms with E-state index in [2.05, 4.69) is 0 Å². The summed E-state index contributed by atoms with van der Waals surface area (Å²) in [6.07, 6.45) is 0. The number of aromatic carboxylic acids is 1. The topological polar surface area (TPSA) is 74.6 Å². The van der Waals surface area contributed by atoms with Gasteiger partial charge in [-0.15, -0.1) is 0 Å². The van der Waals surface area contributed by atoms with Gasteiger partial charge in [0.15, 0.2) is 5.78 Å². The first-order chi connectivity index (χ1) is 9.02. The van der Waals surface area contributed by atoms with Crippen LogP contribution >= 0.6 is 0 Å². The Morgan fingerprint density at radius 1 is 0.895 bits per heavy atom. The predicted octanol–water partition coefficient (Wildman–Crippen LogP) is 2.96. The Morgan fingerprint density at radius 3 is 2.11 bits per heavy atom. The van der Waals surface area contributed by atoms with Gasteiger partial charge in [0.05, 0.1) is 0 Å². The molecule has 4 heteroatoms. The molecular weight excluding hydrogens is 244 g/mol. The standard InChI is InChI=1S/C15H12O4/c1-9(16)10-5-2-3-6-11(10)12-7-4-8-13(14(12)17)15(18)19/h2-8,17H,1H3,(H,18,19). The van der Waals surface area contributed by atoms with E-state index in [0.29, 0.717) is 16.7 Å². The van der Waals surface area contributed by atoms with Gasteiger partial charge in [-0.1, -0.05) is 36.4 Å². The lowest BCUT2D eigenvalue weighted by molar-refractivity contribution is 0.0693. The molecule has 0 fully saturated rings. The van der Waals surface area contributed by atoms with Crippen LogP contribution in [0, 0.1) is 0 Å². The van der Waals surface area contributed by atoms with E-state index in [4.69, 9.17) is 5.11 Å². The van der Waals surface area contributed by atoms with Gasteiger partial charge in [-0.25, -0.2) is 4.79 Å². The van der Waals surface area contributed by atoms with E-state index in [1.54, 1.807) is 30.3 Å². The largest absolute Gasteiger partial charge is 0.506 e. The van der Waals surface area contributed by atoms with Crippen LogP contribution in [0.2, 0.25) is 0 Å². The van der Waals surface area contributed by atoms with Crippen molar-refractivity contribution in [3.8, 4) is 16.9 Å². The van der Waals surface area contributed by atoms with Crippen LogP contribution in [-0.4, -0.2) is 22.0 Å². The molecule has 0 bridgehead atoms. The number of ketones is 1. The Hall–Kier alpha value is -2.62. The highest BCUT2D eigenvalue weighted by molar-refractivity contribution is 6.02. The number of benzene rings is 2. The highest BCUT2D eigenvalue weighted by atomic mass is 16.4. The third-order valence-electron chi connectivity index (χ3n) is 2.86. The maximum atomic E-state index is 11.6. The van der Waals surface area contributed by atoms with Crippen molar-refractivity contribution in [1.82, 2.24) is 0 Å². The van der Waals surface area contributed by atoms with Crippen molar-refractivity contribution in [3.63, 3.8) is 0 Å². The first-order valence-electron chi connectivity index (χ1n) is 5.68. The van der Waals surface area contributed by atoms with Gasteiger partial charge in [-0.2, -0.15) is 0 Å². The third-order valence-corrected chi connectivity index (χ3v) is 2.86. The average Bonchev–Trinajstić information content (AvgIpc) is 2.38. The molecule has 0 radical (unpaired) electrons. The average molecular weight is 256 g/mol. The van der Waals surface area contributed by atoms with Crippen LogP contribution in [0.4, 0.5) is 0 Å². The van der Waals surface area contributed by atoms with E-state index in [0.717, 1.165) is 0 Å². The third kappa shape index (κ3) is 2.33. The Labute approximate surface area is 109 Å². The number of hydrogen-bond donors (Lipinski definition) is 2. The Morgan fingerprint density at radius 2 is 1.47 bits per heavy atom. The summed E-state index contributed by atoms with van der Waals surface area (Å²) in [5, 5.41) is 19.0. The highest BCUT2D eigenvalue weighted by Gasteiger charge is 2.17. The van der Waals surface area contributed by atoms with Crippen molar-refractivity contribution in [3.05, 3.63) is 53.6 Å². The molecular formula is C15H12O4. The molecule has 2 rings (SSSR count). The van der Waals surface area contributed by atoms with Crippen LogP contribution in [0.5, 0.6) is 5.75 Å². The molecule has 0 saturated heterocycles. The second-order valence-electron chi connectivity index (χ2n) is 4.11. The lowest BCUT2D eigenvalue weighted by Crippen LogP contribution is -2.00. The predicted molar refractivity (Wildman–Crippen MR) is 70.5 cm³/mol. The number of para-hydroxylation sites is 1. The summed E-state index contributed by atoms with van der Waals surface area (Å²) >= 11 is 0. The molecule has 2 aromatic carbocycles. The quantitative estimate of drug-likeness (QED) is 0.828. The van der Waals surface area contributed by atoms with Crippen molar-refractivity contribution in [2.75, 3.05) is 0 Å². The molecule has 0 unspecified atom stereocenters. The molecule has 96 valence electrons. The molecule has 0 spiro atoms. The van der Waals surface area contributed by atoms with E-state index in [9.17, 15) is 14.7 Å². The minimum atomic E-state index is -1.21. The molecule has 2 aromatic rings. The van der Waals surface area contributed by atoms with E-state index < -0.39 is 5.97 Å².